The SMILES string of the molecule is CNc1ccnc(OC/C(=C/Nc2ccc(F)c(C(F)F)c2)N=N)n1. The number of aromatic nitrogens is 2. The second kappa shape index (κ2) is 8.62. The Kier molecular flexibility index (Phi) is 6.26. The summed E-state index contributed by atoms with van der Waals surface area (Å²) in [5.74, 6) is -0.429. The summed E-state index contributed by atoms with van der Waals surface area (Å²) in [4.78, 5) is 7.94. The van der Waals surface area contributed by atoms with E-state index in [2.05, 4.69) is 25.7 Å². The third-order valence-corrected chi connectivity index (χ3v) is 3.02. The van der Waals surface area contributed by atoms with Crippen molar-refractivity contribution in [2.75, 3.05) is 24.3 Å². The normalized spacial score (nSPS) is 11.3. The van der Waals surface area contributed by atoms with Crippen LogP contribution in [0.1, 0.15) is 12.0 Å². The molecule has 132 valence electrons. The molecule has 0 aliphatic carbocycles. The molecule has 1 heterocycles. The smallest absolute Gasteiger partial charge is 0.318 e. The fourth-order valence-corrected chi connectivity index (χ4v) is 1.76. The van der Waals surface area contributed by atoms with Crippen LogP contribution in [0.5, 0.6) is 6.01 Å². The standard InChI is InChI=1S/C15H15F3N6O/c1-20-13-4-5-21-15(23-13)25-8-10(24-19)7-22-9-2-3-12(16)11(6-9)14(17)18/h2-7,14,19,22H,8H2,1H3,(H,20,21,23)/b10-7-,24-19?. The zero-order valence-corrected chi connectivity index (χ0v) is 13.1. The number of rotatable bonds is 8. The van der Waals surface area contributed by atoms with Crippen molar-refractivity contribution in [2.45, 2.75) is 6.43 Å². The number of hydrogen-bond acceptors (Lipinski definition) is 7. The van der Waals surface area contributed by atoms with E-state index in [4.69, 9.17) is 10.3 Å². The van der Waals surface area contributed by atoms with Crippen LogP contribution >= 0.6 is 0 Å². The first kappa shape index (κ1) is 18.2. The Bertz CT molecular complexity index is 769. The van der Waals surface area contributed by atoms with Crippen LogP contribution in [0.2, 0.25) is 0 Å². The highest BCUT2D eigenvalue weighted by Gasteiger charge is 2.13. The number of hydrogen-bond donors (Lipinski definition) is 3. The highest BCUT2D eigenvalue weighted by Crippen LogP contribution is 2.25. The fraction of sp³-hybridized carbons (Fsp3) is 0.200. The van der Waals surface area contributed by atoms with E-state index in [0.717, 1.165) is 12.1 Å². The van der Waals surface area contributed by atoms with Crippen LogP contribution in [0.3, 0.4) is 0 Å². The van der Waals surface area contributed by atoms with E-state index in [0.29, 0.717) is 5.82 Å². The van der Waals surface area contributed by atoms with Crippen LogP contribution in [-0.2, 0) is 0 Å². The van der Waals surface area contributed by atoms with Crippen molar-refractivity contribution >= 4 is 11.5 Å². The van der Waals surface area contributed by atoms with Gasteiger partial charge in [0.05, 0.1) is 5.56 Å². The van der Waals surface area contributed by atoms with Gasteiger partial charge < -0.3 is 15.4 Å². The van der Waals surface area contributed by atoms with Gasteiger partial charge in [-0.1, -0.05) is 0 Å². The van der Waals surface area contributed by atoms with E-state index < -0.39 is 17.8 Å². The largest absolute Gasteiger partial charge is 0.457 e. The molecule has 0 bridgehead atoms. The summed E-state index contributed by atoms with van der Waals surface area (Å²) < 4.78 is 43.9. The van der Waals surface area contributed by atoms with Crippen molar-refractivity contribution in [2.24, 2.45) is 5.11 Å². The molecule has 0 saturated heterocycles. The number of nitrogens with zero attached hydrogens (tertiary/aromatic N) is 3. The number of ether oxygens (including phenoxy) is 1. The van der Waals surface area contributed by atoms with Crippen molar-refractivity contribution < 1.29 is 17.9 Å². The van der Waals surface area contributed by atoms with Gasteiger partial charge in [0.15, 0.2) is 0 Å². The van der Waals surface area contributed by atoms with Crippen LogP contribution in [0.4, 0.5) is 24.7 Å². The van der Waals surface area contributed by atoms with E-state index >= 15 is 0 Å². The predicted octanol–water partition coefficient (Wildman–Crippen LogP) is 3.96. The quantitative estimate of drug-likeness (QED) is 0.625. The average Bonchev–Trinajstić information content (AvgIpc) is 2.63. The molecular formula is C15H15F3N6O. The first-order valence-corrected chi connectivity index (χ1v) is 7.07. The summed E-state index contributed by atoms with van der Waals surface area (Å²) in [6.07, 6.45) is -0.138. The third kappa shape index (κ3) is 5.16. The summed E-state index contributed by atoms with van der Waals surface area (Å²) in [5.41, 5.74) is 6.79. The van der Waals surface area contributed by atoms with Crippen molar-refractivity contribution in [1.29, 1.82) is 5.53 Å². The van der Waals surface area contributed by atoms with Crippen LogP contribution in [0.25, 0.3) is 0 Å². The second-order valence-electron chi connectivity index (χ2n) is 4.69. The van der Waals surface area contributed by atoms with Gasteiger partial charge in [-0.15, -0.1) is 0 Å². The Morgan fingerprint density at radius 2 is 2.20 bits per heavy atom. The maximum atomic E-state index is 13.2. The lowest BCUT2D eigenvalue weighted by Gasteiger charge is -2.08. The molecule has 10 heteroatoms. The van der Waals surface area contributed by atoms with Crippen LogP contribution in [-0.4, -0.2) is 23.6 Å². The van der Waals surface area contributed by atoms with Crippen LogP contribution < -0.4 is 15.4 Å². The van der Waals surface area contributed by atoms with E-state index in [1.165, 1.54) is 18.5 Å². The maximum Gasteiger partial charge on any atom is 0.318 e. The summed E-state index contributed by atoms with van der Waals surface area (Å²) in [5, 5.41) is 8.76. The van der Waals surface area contributed by atoms with Crippen molar-refractivity contribution in [3.63, 3.8) is 0 Å². The molecule has 0 fully saturated rings. The van der Waals surface area contributed by atoms with E-state index in [9.17, 15) is 13.2 Å². The molecule has 1 aromatic heterocycles. The lowest BCUT2D eigenvalue weighted by molar-refractivity contribution is 0.146. The molecule has 0 aliphatic heterocycles. The topological polar surface area (TPSA) is 95.3 Å². The van der Waals surface area contributed by atoms with Gasteiger partial charge in [0, 0.05) is 25.1 Å². The average molecular weight is 352 g/mol. The molecule has 3 N–H and O–H groups in total. The zero-order valence-electron chi connectivity index (χ0n) is 13.1. The van der Waals surface area contributed by atoms with Gasteiger partial charge >= 0.3 is 6.01 Å². The molecule has 0 amide bonds. The highest BCUT2D eigenvalue weighted by molar-refractivity contribution is 5.49. The van der Waals surface area contributed by atoms with Gasteiger partial charge in [0.2, 0.25) is 0 Å². The molecule has 1 aromatic carbocycles. The Balaban J connectivity index is 2.02. The molecule has 7 nitrogen and oxygen atoms in total. The van der Waals surface area contributed by atoms with Crippen molar-refractivity contribution in [3.05, 3.63) is 53.7 Å². The first-order chi connectivity index (χ1) is 12.0. The van der Waals surface area contributed by atoms with Gasteiger partial charge in [-0.3, -0.25) is 0 Å². The Morgan fingerprint density at radius 3 is 2.88 bits per heavy atom. The van der Waals surface area contributed by atoms with Crippen molar-refractivity contribution in [3.8, 4) is 6.01 Å². The second-order valence-corrected chi connectivity index (χ2v) is 4.69. The third-order valence-electron chi connectivity index (χ3n) is 3.02. The van der Waals surface area contributed by atoms with Crippen molar-refractivity contribution in [1.82, 2.24) is 9.97 Å². The summed E-state index contributed by atoms with van der Waals surface area (Å²) in [6, 6.07) is 4.94. The molecular weight excluding hydrogens is 337 g/mol. The van der Waals surface area contributed by atoms with Gasteiger partial charge in [-0.05, 0) is 24.3 Å². The van der Waals surface area contributed by atoms with E-state index in [-0.39, 0.29) is 24.0 Å². The number of nitrogens with one attached hydrogen (secondary N) is 3. The Morgan fingerprint density at radius 1 is 1.40 bits per heavy atom. The fourth-order valence-electron chi connectivity index (χ4n) is 1.76. The van der Waals surface area contributed by atoms with E-state index in [1.54, 1.807) is 13.1 Å². The number of anilines is 2. The van der Waals surface area contributed by atoms with Crippen LogP contribution in [0.15, 0.2) is 47.5 Å². The molecule has 0 unspecified atom stereocenters. The molecule has 2 aromatic rings. The Hall–Kier alpha value is -3.17. The zero-order chi connectivity index (χ0) is 18.2. The Labute approximate surface area is 141 Å². The van der Waals surface area contributed by atoms with Gasteiger partial charge in [0.1, 0.15) is 23.9 Å². The molecule has 25 heavy (non-hydrogen) atoms. The minimum absolute atomic E-state index is 0.0863. The highest BCUT2D eigenvalue weighted by atomic mass is 19.3. The van der Waals surface area contributed by atoms with Gasteiger partial charge in [-0.25, -0.2) is 23.7 Å². The summed E-state index contributed by atoms with van der Waals surface area (Å²) >= 11 is 0. The molecule has 2 rings (SSSR count). The first-order valence-electron chi connectivity index (χ1n) is 7.07. The molecule has 0 saturated carbocycles. The molecule has 0 aliphatic rings. The summed E-state index contributed by atoms with van der Waals surface area (Å²) in [6.45, 7) is -0.118. The lowest BCUT2D eigenvalue weighted by atomic mass is 10.2. The summed E-state index contributed by atoms with van der Waals surface area (Å²) in [7, 11) is 1.69. The predicted molar refractivity (Wildman–Crippen MR) is 85.3 cm³/mol. The van der Waals surface area contributed by atoms with E-state index in [1.807, 2.05) is 0 Å². The molecule has 0 radical (unpaired) electrons. The van der Waals surface area contributed by atoms with Gasteiger partial charge in [0.25, 0.3) is 6.43 Å². The lowest BCUT2D eigenvalue weighted by Crippen LogP contribution is -2.05. The van der Waals surface area contributed by atoms with Crippen LogP contribution in [0, 0.1) is 11.3 Å². The maximum absolute atomic E-state index is 13.2. The number of benzene rings is 1. The number of halogens is 3. The minimum Gasteiger partial charge on any atom is -0.457 e. The monoisotopic (exact) mass is 352 g/mol. The number of alkyl halides is 2. The minimum atomic E-state index is -2.93. The molecule has 0 atom stereocenters. The molecule has 0 spiro atoms. The van der Waals surface area contributed by atoms with Gasteiger partial charge in [-0.2, -0.15) is 10.1 Å².